The number of carbonyl (C=O) groups is 2. The Morgan fingerprint density at radius 3 is 2.41 bits per heavy atom. The smallest absolute Gasteiger partial charge is 0.255 e. The van der Waals surface area contributed by atoms with Gasteiger partial charge in [-0.3, -0.25) is 14.5 Å². The van der Waals surface area contributed by atoms with Gasteiger partial charge < -0.3 is 10.2 Å². The number of halogens is 3. The van der Waals surface area contributed by atoms with Gasteiger partial charge in [-0.15, -0.1) is 0 Å². The lowest BCUT2D eigenvalue weighted by Crippen LogP contribution is -2.50. The summed E-state index contributed by atoms with van der Waals surface area (Å²) in [5, 5.41) is 3.74. The SMILES string of the molecule is O=C(CN1CCN(C(=O)c2ccc(Cl)cc2Cl)CC1)Nc1ccccc1Br. The van der Waals surface area contributed by atoms with Gasteiger partial charge in [0.25, 0.3) is 5.91 Å². The number of para-hydroxylation sites is 1. The van der Waals surface area contributed by atoms with Crippen LogP contribution >= 0.6 is 39.1 Å². The van der Waals surface area contributed by atoms with Crippen LogP contribution in [-0.4, -0.2) is 54.3 Å². The lowest BCUT2D eigenvalue weighted by atomic mass is 10.1. The third-order valence-corrected chi connectivity index (χ3v) is 5.58. The molecule has 0 aromatic heterocycles. The van der Waals surface area contributed by atoms with Crippen molar-refractivity contribution in [2.24, 2.45) is 0 Å². The molecule has 0 atom stereocenters. The average molecular weight is 471 g/mol. The number of carbonyl (C=O) groups excluding carboxylic acids is 2. The molecular formula is C19H18BrCl2N3O2. The molecule has 2 aromatic rings. The second kappa shape index (κ2) is 9.06. The van der Waals surface area contributed by atoms with E-state index in [1.807, 2.05) is 29.2 Å². The Labute approximate surface area is 176 Å². The van der Waals surface area contributed by atoms with Crippen LogP contribution in [0.2, 0.25) is 10.0 Å². The summed E-state index contributed by atoms with van der Waals surface area (Å²) in [4.78, 5) is 28.7. The maximum absolute atomic E-state index is 12.6. The van der Waals surface area contributed by atoms with Crippen molar-refractivity contribution in [1.29, 1.82) is 0 Å². The van der Waals surface area contributed by atoms with Gasteiger partial charge in [0, 0.05) is 35.7 Å². The van der Waals surface area contributed by atoms with Gasteiger partial charge in [-0.25, -0.2) is 0 Å². The van der Waals surface area contributed by atoms with E-state index in [2.05, 4.69) is 21.2 Å². The lowest BCUT2D eigenvalue weighted by Gasteiger charge is -2.34. The van der Waals surface area contributed by atoms with Crippen molar-refractivity contribution in [3.63, 3.8) is 0 Å². The van der Waals surface area contributed by atoms with Crippen molar-refractivity contribution in [1.82, 2.24) is 9.80 Å². The first-order chi connectivity index (χ1) is 12.9. The number of rotatable bonds is 4. The molecule has 1 saturated heterocycles. The van der Waals surface area contributed by atoms with Gasteiger partial charge in [0.05, 0.1) is 22.8 Å². The fourth-order valence-electron chi connectivity index (χ4n) is 2.90. The summed E-state index contributed by atoms with van der Waals surface area (Å²) in [7, 11) is 0. The summed E-state index contributed by atoms with van der Waals surface area (Å²) in [6.45, 7) is 2.62. The van der Waals surface area contributed by atoms with E-state index in [0.717, 1.165) is 10.2 Å². The molecule has 3 rings (SSSR count). The molecule has 8 heteroatoms. The molecule has 1 aliphatic rings. The van der Waals surface area contributed by atoms with Crippen LogP contribution in [0.25, 0.3) is 0 Å². The van der Waals surface area contributed by atoms with E-state index >= 15 is 0 Å². The van der Waals surface area contributed by atoms with Gasteiger partial charge in [-0.1, -0.05) is 35.3 Å². The van der Waals surface area contributed by atoms with Crippen LogP contribution in [-0.2, 0) is 4.79 Å². The third kappa shape index (κ3) is 5.23. The highest BCUT2D eigenvalue weighted by Gasteiger charge is 2.24. The fourth-order valence-corrected chi connectivity index (χ4v) is 3.77. The van der Waals surface area contributed by atoms with Crippen molar-refractivity contribution < 1.29 is 9.59 Å². The minimum atomic E-state index is -0.117. The van der Waals surface area contributed by atoms with E-state index in [1.54, 1.807) is 23.1 Å². The summed E-state index contributed by atoms with van der Waals surface area (Å²) in [6.07, 6.45) is 0. The zero-order valence-corrected chi connectivity index (χ0v) is 17.5. The fraction of sp³-hybridized carbons (Fsp3) is 0.263. The minimum absolute atomic E-state index is 0.0811. The van der Waals surface area contributed by atoms with Gasteiger partial charge in [-0.05, 0) is 46.3 Å². The Morgan fingerprint density at radius 2 is 1.74 bits per heavy atom. The number of amides is 2. The number of anilines is 1. The Balaban J connectivity index is 1.52. The molecule has 1 heterocycles. The van der Waals surface area contributed by atoms with Crippen LogP contribution in [0.3, 0.4) is 0 Å². The molecule has 0 saturated carbocycles. The van der Waals surface area contributed by atoms with Gasteiger partial charge >= 0.3 is 0 Å². The molecule has 0 bridgehead atoms. The summed E-state index contributed by atoms with van der Waals surface area (Å²) in [6, 6.07) is 12.3. The first-order valence-electron chi connectivity index (χ1n) is 8.45. The number of hydrogen-bond donors (Lipinski definition) is 1. The van der Waals surface area contributed by atoms with E-state index in [1.165, 1.54) is 0 Å². The summed E-state index contributed by atoms with van der Waals surface area (Å²) in [5.74, 6) is -0.198. The zero-order chi connectivity index (χ0) is 19.4. The highest BCUT2D eigenvalue weighted by atomic mass is 79.9. The van der Waals surface area contributed by atoms with Crippen molar-refractivity contribution in [2.75, 3.05) is 38.0 Å². The predicted octanol–water partition coefficient (Wildman–Crippen LogP) is 4.15. The van der Waals surface area contributed by atoms with Crippen molar-refractivity contribution >= 4 is 56.6 Å². The Morgan fingerprint density at radius 1 is 1.04 bits per heavy atom. The molecule has 1 aliphatic heterocycles. The maximum atomic E-state index is 12.6. The van der Waals surface area contributed by atoms with Gasteiger partial charge in [0.1, 0.15) is 0 Å². The second-order valence-electron chi connectivity index (χ2n) is 6.22. The van der Waals surface area contributed by atoms with Crippen molar-refractivity contribution in [2.45, 2.75) is 0 Å². The Kier molecular flexibility index (Phi) is 6.76. The first-order valence-corrected chi connectivity index (χ1v) is 10.00. The molecule has 27 heavy (non-hydrogen) atoms. The molecule has 0 unspecified atom stereocenters. The minimum Gasteiger partial charge on any atom is -0.336 e. The number of hydrogen-bond acceptors (Lipinski definition) is 3. The summed E-state index contributed by atoms with van der Waals surface area (Å²) >= 11 is 15.4. The van der Waals surface area contributed by atoms with E-state index in [0.29, 0.717) is 41.8 Å². The van der Waals surface area contributed by atoms with Crippen LogP contribution < -0.4 is 5.32 Å². The molecule has 2 aromatic carbocycles. The normalized spacial score (nSPS) is 14.9. The van der Waals surface area contributed by atoms with Crippen LogP contribution in [0.4, 0.5) is 5.69 Å². The van der Waals surface area contributed by atoms with E-state index < -0.39 is 0 Å². The van der Waals surface area contributed by atoms with Crippen molar-refractivity contribution in [3.05, 3.63) is 62.5 Å². The topological polar surface area (TPSA) is 52.7 Å². The summed E-state index contributed by atoms with van der Waals surface area (Å²) < 4.78 is 0.841. The van der Waals surface area contributed by atoms with Crippen LogP contribution in [0.15, 0.2) is 46.9 Å². The highest BCUT2D eigenvalue weighted by molar-refractivity contribution is 9.10. The molecule has 0 radical (unpaired) electrons. The third-order valence-electron chi connectivity index (χ3n) is 4.34. The molecule has 142 valence electrons. The molecule has 0 aliphatic carbocycles. The van der Waals surface area contributed by atoms with Crippen LogP contribution in [0.1, 0.15) is 10.4 Å². The highest BCUT2D eigenvalue weighted by Crippen LogP contribution is 2.23. The van der Waals surface area contributed by atoms with E-state index in [9.17, 15) is 9.59 Å². The second-order valence-corrected chi connectivity index (χ2v) is 7.92. The predicted molar refractivity (Wildman–Crippen MR) is 112 cm³/mol. The average Bonchev–Trinajstić information content (AvgIpc) is 2.64. The zero-order valence-electron chi connectivity index (χ0n) is 14.4. The molecule has 1 fully saturated rings. The van der Waals surface area contributed by atoms with Crippen molar-refractivity contribution in [3.8, 4) is 0 Å². The summed E-state index contributed by atoms with van der Waals surface area (Å²) in [5.41, 5.74) is 1.19. The van der Waals surface area contributed by atoms with Gasteiger partial charge in [-0.2, -0.15) is 0 Å². The maximum Gasteiger partial charge on any atom is 0.255 e. The largest absolute Gasteiger partial charge is 0.336 e. The number of benzene rings is 2. The van der Waals surface area contributed by atoms with Gasteiger partial charge in [0.2, 0.25) is 5.91 Å². The Hall–Kier alpha value is -1.60. The quantitative estimate of drug-likeness (QED) is 0.730. The molecule has 5 nitrogen and oxygen atoms in total. The lowest BCUT2D eigenvalue weighted by molar-refractivity contribution is -0.117. The van der Waals surface area contributed by atoms with Gasteiger partial charge in [0.15, 0.2) is 0 Å². The van der Waals surface area contributed by atoms with E-state index in [4.69, 9.17) is 23.2 Å². The Bertz CT molecular complexity index is 855. The van der Waals surface area contributed by atoms with Crippen LogP contribution in [0.5, 0.6) is 0 Å². The first kappa shape index (κ1) is 20.1. The number of piperazine rings is 1. The number of nitrogens with one attached hydrogen (secondary N) is 1. The van der Waals surface area contributed by atoms with E-state index in [-0.39, 0.29) is 18.4 Å². The molecule has 2 amide bonds. The molecule has 0 spiro atoms. The monoisotopic (exact) mass is 469 g/mol. The standard InChI is InChI=1S/C19H18BrCl2N3O2/c20-15-3-1-2-4-17(15)23-18(26)12-24-7-9-25(10-8-24)19(27)14-6-5-13(21)11-16(14)22/h1-6,11H,7-10,12H2,(H,23,26). The number of nitrogens with zero attached hydrogens (tertiary/aromatic N) is 2. The molecule has 1 N–H and O–H groups in total. The molecular weight excluding hydrogens is 453 g/mol. The van der Waals surface area contributed by atoms with Crippen LogP contribution in [0, 0.1) is 0 Å².